The van der Waals surface area contributed by atoms with E-state index < -0.39 is 0 Å². The van der Waals surface area contributed by atoms with Crippen LogP contribution in [0.5, 0.6) is 0 Å². The summed E-state index contributed by atoms with van der Waals surface area (Å²) in [4.78, 5) is 10.9. The van der Waals surface area contributed by atoms with Gasteiger partial charge < -0.3 is 4.74 Å². The van der Waals surface area contributed by atoms with E-state index in [0.717, 1.165) is 16.7 Å². The Morgan fingerprint density at radius 3 is 2.00 bits per heavy atom. The monoisotopic (exact) mass is 265 g/mol. The molecule has 0 amide bonds. The van der Waals surface area contributed by atoms with E-state index in [4.69, 9.17) is 10.00 Å². The number of hydrogen-bond donors (Lipinski definition) is 0. The Kier molecular flexibility index (Phi) is 4.17. The largest absolute Gasteiger partial charge is 0.458 e. The molecule has 2 aromatic carbocycles. The Labute approximate surface area is 118 Å². The quantitative estimate of drug-likeness (QED) is 0.792. The first-order valence-electron chi connectivity index (χ1n) is 6.38. The molecule has 20 heavy (non-hydrogen) atoms. The fraction of sp³-hybridized carbons (Fsp3) is 0.176. The highest BCUT2D eigenvalue weighted by Crippen LogP contribution is 2.23. The average Bonchev–Trinajstić information content (AvgIpc) is 2.47. The van der Waals surface area contributed by atoms with Crippen LogP contribution in [0.1, 0.15) is 31.1 Å². The van der Waals surface area contributed by atoms with Crippen molar-refractivity contribution in [1.82, 2.24) is 0 Å². The van der Waals surface area contributed by atoms with E-state index in [2.05, 4.69) is 6.07 Å². The summed E-state index contributed by atoms with van der Waals surface area (Å²) < 4.78 is 5.14. The van der Waals surface area contributed by atoms with Crippen LogP contribution in [0, 0.1) is 11.3 Å². The van der Waals surface area contributed by atoms with Gasteiger partial charge in [-0.2, -0.15) is 5.26 Å². The summed E-state index contributed by atoms with van der Waals surface area (Å²) in [7, 11) is 0. The summed E-state index contributed by atoms with van der Waals surface area (Å²) in [5.74, 6) is -0.284. The van der Waals surface area contributed by atoms with Gasteiger partial charge in [0.15, 0.2) is 0 Å². The minimum absolute atomic E-state index is 0.248. The number of carbonyl (C=O) groups is 1. The van der Waals surface area contributed by atoms with Crippen molar-refractivity contribution in [2.75, 3.05) is 0 Å². The molecule has 0 aliphatic rings. The molecule has 0 aliphatic carbocycles. The van der Waals surface area contributed by atoms with Crippen LogP contribution in [0.15, 0.2) is 48.5 Å². The lowest BCUT2D eigenvalue weighted by Crippen LogP contribution is -2.04. The molecule has 2 rings (SSSR count). The summed E-state index contributed by atoms with van der Waals surface area (Å²) in [6.45, 7) is 3.25. The predicted octanol–water partition coefficient (Wildman–Crippen LogP) is 3.85. The molecule has 2 aromatic rings. The maximum Gasteiger partial charge on any atom is 0.303 e. The van der Waals surface area contributed by atoms with E-state index in [1.807, 2.05) is 43.3 Å². The van der Waals surface area contributed by atoms with E-state index in [1.165, 1.54) is 6.92 Å². The number of esters is 1. The summed E-state index contributed by atoms with van der Waals surface area (Å²) in [5.41, 5.74) is 3.72. The Balaban J connectivity index is 2.19. The highest BCUT2D eigenvalue weighted by Gasteiger charge is 2.08. The molecule has 1 unspecified atom stereocenters. The maximum atomic E-state index is 10.9. The van der Waals surface area contributed by atoms with Crippen LogP contribution in [0.2, 0.25) is 0 Å². The molecule has 3 nitrogen and oxygen atoms in total. The smallest absolute Gasteiger partial charge is 0.303 e. The van der Waals surface area contributed by atoms with Crippen molar-refractivity contribution in [2.24, 2.45) is 0 Å². The first kappa shape index (κ1) is 13.8. The molecule has 0 aromatic heterocycles. The lowest BCUT2D eigenvalue weighted by Gasteiger charge is -2.12. The second-order valence-electron chi connectivity index (χ2n) is 4.56. The number of nitriles is 1. The number of ether oxygens (including phenoxy) is 1. The van der Waals surface area contributed by atoms with Crippen LogP contribution in [0.3, 0.4) is 0 Å². The lowest BCUT2D eigenvalue weighted by atomic mass is 10.0. The highest BCUT2D eigenvalue weighted by atomic mass is 16.5. The van der Waals surface area contributed by atoms with Crippen LogP contribution < -0.4 is 0 Å². The number of benzene rings is 2. The van der Waals surface area contributed by atoms with Gasteiger partial charge in [0.2, 0.25) is 0 Å². The third-order valence-corrected chi connectivity index (χ3v) is 3.07. The molecule has 0 spiro atoms. The summed E-state index contributed by atoms with van der Waals surface area (Å²) in [5, 5.41) is 8.78. The molecule has 1 atom stereocenters. The number of carbonyl (C=O) groups excluding carboxylic acids is 1. The van der Waals surface area contributed by atoms with Crippen molar-refractivity contribution in [3.63, 3.8) is 0 Å². The van der Waals surface area contributed by atoms with Gasteiger partial charge in [-0.25, -0.2) is 0 Å². The van der Waals surface area contributed by atoms with E-state index in [-0.39, 0.29) is 12.1 Å². The molecule has 0 bridgehead atoms. The van der Waals surface area contributed by atoms with Gasteiger partial charge in [-0.15, -0.1) is 0 Å². The molecule has 0 heterocycles. The predicted molar refractivity (Wildman–Crippen MR) is 76.8 cm³/mol. The average molecular weight is 265 g/mol. The van der Waals surface area contributed by atoms with Crippen LogP contribution in [0.25, 0.3) is 11.1 Å². The van der Waals surface area contributed by atoms with E-state index in [1.54, 1.807) is 12.1 Å². The minimum Gasteiger partial charge on any atom is -0.458 e. The first-order valence-corrected chi connectivity index (χ1v) is 6.38. The van der Waals surface area contributed by atoms with E-state index in [0.29, 0.717) is 5.56 Å². The Morgan fingerprint density at radius 1 is 1.05 bits per heavy atom. The number of nitrogens with zero attached hydrogens (tertiary/aromatic N) is 1. The van der Waals surface area contributed by atoms with Gasteiger partial charge in [-0.05, 0) is 35.7 Å². The Morgan fingerprint density at radius 2 is 1.55 bits per heavy atom. The van der Waals surface area contributed by atoms with Crippen molar-refractivity contribution in [3.05, 3.63) is 59.7 Å². The first-order chi connectivity index (χ1) is 9.60. The molecule has 3 heteroatoms. The molecule has 0 saturated carbocycles. The topological polar surface area (TPSA) is 50.1 Å². The summed E-state index contributed by atoms with van der Waals surface area (Å²) in [6.07, 6.45) is -0.248. The van der Waals surface area contributed by atoms with Crippen LogP contribution in [-0.4, -0.2) is 5.97 Å². The third-order valence-electron chi connectivity index (χ3n) is 3.07. The van der Waals surface area contributed by atoms with E-state index in [9.17, 15) is 4.79 Å². The Hall–Kier alpha value is -2.60. The van der Waals surface area contributed by atoms with Crippen molar-refractivity contribution in [3.8, 4) is 17.2 Å². The number of hydrogen-bond acceptors (Lipinski definition) is 3. The van der Waals surface area contributed by atoms with Crippen LogP contribution in [-0.2, 0) is 9.53 Å². The van der Waals surface area contributed by atoms with Gasteiger partial charge in [-0.3, -0.25) is 4.79 Å². The van der Waals surface area contributed by atoms with Gasteiger partial charge in [0, 0.05) is 6.92 Å². The van der Waals surface area contributed by atoms with E-state index >= 15 is 0 Å². The fourth-order valence-electron chi connectivity index (χ4n) is 2.00. The second kappa shape index (κ2) is 6.03. The standard InChI is InChI=1S/C17H15NO2/c1-12(20-13(2)19)15-7-9-17(10-8-15)16-5-3-14(11-18)4-6-16/h3-10,12H,1-2H3. The maximum absolute atomic E-state index is 10.9. The second-order valence-corrected chi connectivity index (χ2v) is 4.56. The molecule has 0 radical (unpaired) electrons. The summed E-state index contributed by atoms with van der Waals surface area (Å²) >= 11 is 0. The lowest BCUT2D eigenvalue weighted by molar-refractivity contribution is -0.145. The molecule has 0 fully saturated rings. The minimum atomic E-state index is -0.284. The SMILES string of the molecule is CC(=O)OC(C)c1ccc(-c2ccc(C#N)cc2)cc1. The van der Waals surface area contributed by atoms with Crippen LogP contribution >= 0.6 is 0 Å². The molecular weight excluding hydrogens is 250 g/mol. The van der Waals surface area contributed by atoms with Gasteiger partial charge >= 0.3 is 5.97 Å². The fourth-order valence-corrected chi connectivity index (χ4v) is 2.00. The van der Waals surface area contributed by atoms with Gasteiger partial charge in [-0.1, -0.05) is 36.4 Å². The molecule has 0 saturated heterocycles. The van der Waals surface area contributed by atoms with Gasteiger partial charge in [0.25, 0.3) is 0 Å². The molecule has 0 aliphatic heterocycles. The molecular formula is C17H15NO2. The highest BCUT2D eigenvalue weighted by molar-refractivity contribution is 5.67. The Bertz CT molecular complexity index is 636. The van der Waals surface area contributed by atoms with Crippen LogP contribution in [0.4, 0.5) is 0 Å². The third kappa shape index (κ3) is 3.24. The molecule has 100 valence electrons. The normalized spacial score (nSPS) is 11.4. The van der Waals surface area contributed by atoms with Gasteiger partial charge in [0.1, 0.15) is 6.10 Å². The van der Waals surface area contributed by atoms with Crippen molar-refractivity contribution in [1.29, 1.82) is 5.26 Å². The molecule has 0 N–H and O–H groups in total. The van der Waals surface area contributed by atoms with Crippen molar-refractivity contribution >= 4 is 5.97 Å². The van der Waals surface area contributed by atoms with Crippen molar-refractivity contribution in [2.45, 2.75) is 20.0 Å². The zero-order valence-electron chi connectivity index (χ0n) is 11.5. The van der Waals surface area contributed by atoms with Gasteiger partial charge in [0.05, 0.1) is 11.6 Å². The summed E-state index contributed by atoms with van der Waals surface area (Å²) in [6, 6.07) is 17.4. The zero-order valence-corrected chi connectivity index (χ0v) is 11.5. The number of rotatable bonds is 3. The van der Waals surface area contributed by atoms with Crippen molar-refractivity contribution < 1.29 is 9.53 Å². The zero-order chi connectivity index (χ0) is 14.5.